The van der Waals surface area contributed by atoms with Gasteiger partial charge in [-0.3, -0.25) is 9.52 Å². The first-order valence-electron chi connectivity index (χ1n) is 7.98. The Balaban J connectivity index is 1.91. The highest BCUT2D eigenvalue weighted by atomic mass is 32.2. The maximum absolute atomic E-state index is 12.7. The lowest BCUT2D eigenvalue weighted by Gasteiger charge is -2.10. The van der Waals surface area contributed by atoms with E-state index in [1.54, 1.807) is 24.3 Å². The average molecular weight is 417 g/mol. The highest BCUT2D eigenvalue weighted by molar-refractivity contribution is 7.92. The molecule has 9 heteroatoms. The number of carboxylic acid groups (broad SMARTS) is 1. The minimum atomic E-state index is -3.97. The van der Waals surface area contributed by atoms with Gasteiger partial charge in [-0.25, -0.2) is 13.2 Å². The van der Waals surface area contributed by atoms with Crippen LogP contribution < -0.4 is 4.72 Å². The highest BCUT2D eigenvalue weighted by Crippen LogP contribution is 2.31. The summed E-state index contributed by atoms with van der Waals surface area (Å²) in [6.07, 6.45) is 0. The van der Waals surface area contributed by atoms with Crippen molar-refractivity contribution >= 4 is 38.8 Å². The predicted molar refractivity (Wildman–Crippen MR) is 106 cm³/mol. The van der Waals surface area contributed by atoms with Gasteiger partial charge in [0.1, 0.15) is 11.3 Å². The lowest BCUT2D eigenvalue weighted by Crippen LogP contribution is -2.13. The maximum Gasteiger partial charge on any atom is 0.339 e. The van der Waals surface area contributed by atoms with Crippen molar-refractivity contribution in [3.05, 3.63) is 65.0 Å². The number of anilines is 1. The van der Waals surface area contributed by atoms with Crippen LogP contribution in [0, 0.1) is 0 Å². The van der Waals surface area contributed by atoms with Crippen LogP contribution in [-0.4, -0.2) is 30.4 Å². The number of ketones is 1. The van der Waals surface area contributed by atoms with E-state index in [1.165, 1.54) is 36.5 Å². The van der Waals surface area contributed by atoms with Gasteiger partial charge >= 0.3 is 5.97 Å². The summed E-state index contributed by atoms with van der Waals surface area (Å²) >= 11 is 1.27. The molecule has 0 amide bonds. The van der Waals surface area contributed by atoms with Crippen LogP contribution in [0.2, 0.25) is 0 Å². The molecule has 3 rings (SSSR count). The average Bonchev–Trinajstić information content (AvgIpc) is 3.12. The summed E-state index contributed by atoms with van der Waals surface area (Å²) < 4.78 is 27.6. The zero-order valence-electron chi connectivity index (χ0n) is 14.5. The molecule has 0 aliphatic carbocycles. The molecule has 3 N–H and O–H groups in total. The van der Waals surface area contributed by atoms with Crippen LogP contribution in [0.15, 0.2) is 59.5 Å². The molecule has 0 bridgehead atoms. The minimum absolute atomic E-state index is 0.00965. The third-order valence-electron chi connectivity index (χ3n) is 3.86. The van der Waals surface area contributed by atoms with E-state index in [1.807, 2.05) is 0 Å². The molecule has 1 aromatic heterocycles. The Labute approximate surface area is 165 Å². The molecular formula is C19H15NO6S2. The molecule has 0 fully saturated rings. The van der Waals surface area contributed by atoms with Crippen LogP contribution in [0.4, 0.5) is 5.69 Å². The van der Waals surface area contributed by atoms with Crippen LogP contribution in [0.25, 0.3) is 10.4 Å². The van der Waals surface area contributed by atoms with E-state index in [0.29, 0.717) is 10.4 Å². The minimum Gasteiger partial charge on any atom is -0.507 e. The van der Waals surface area contributed by atoms with Gasteiger partial charge < -0.3 is 10.2 Å². The molecule has 0 saturated heterocycles. The summed E-state index contributed by atoms with van der Waals surface area (Å²) in [5.41, 5.74) is 0.344. The number of carboxylic acids is 1. The number of thiophene rings is 1. The summed E-state index contributed by atoms with van der Waals surface area (Å²) in [4.78, 5) is 23.7. The second-order valence-electron chi connectivity index (χ2n) is 5.89. The number of aromatic carboxylic acids is 1. The Morgan fingerprint density at radius 3 is 2.39 bits per heavy atom. The number of nitrogens with one attached hydrogen (secondary N) is 1. The standard InChI is InChI=1S/C19H15NO6S2/c1-11(21)17-7-8-18(27-17)12-3-2-4-14(9-12)28(25,26)20-13-5-6-15(19(23)24)16(22)10-13/h2-10,20,22H,1H3,(H,23,24). The zero-order valence-corrected chi connectivity index (χ0v) is 16.2. The van der Waals surface area contributed by atoms with Crippen molar-refractivity contribution in [2.24, 2.45) is 0 Å². The molecule has 144 valence electrons. The number of rotatable bonds is 6. The van der Waals surface area contributed by atoms with Crippen LogP contribution >= 0.6 is 11.3 Å². The van der Waals surface area contributed by atoms with Crippen molar-refractivity contribution in [3.63, 3.8) is 0 Å². The number of benzene rings is 2. The fourth-order valence-electron chi connectivity index (χ4n) is 2.49. The van der Waals surface area contributed by atoms with E-state index in [0.717, 1.165) is 17.0 Å². The molecule has 0 unspecified atom stereocenters. The topological polar surface area (TPSA) is 121 Å². The predicted octanol–water partition coefficient (Wildman–Crippen LogP) is 3.82. The van der Waals surface area contributed by atoms with Gasteiger partial charge in [-0.1, -0.05) is 12.1 Å². The van der Waals surface area contributed by atoms with E-state index in [-0.39, 0.29) is 21.9 Å². The van der Waals surface area contributed by atoms with Crippen molar-refractivity contribution < 1.29 is 28.2 Å². The number of sulfonamides is 1. The molecule has 0 saturated carbocycles. The fourth-order valence-corrected chi connectivity index (χ4v) is 4.48. The molecule has 0 radical (unpaired) electrons. The largest absolute Gasteiger partial charge is 0.507 e. The first-order chi connectivity index (χ1) is 13.2. The van der Waals surface area contributed by atoms with Crippen molar-refractivity contribution in [3.8, 4) is 16.2 Å². The van der Waals surface area contributed by atoms with Crippen LogP contribution in [0.3, 0.4) is 0 Å². The molecule has 28 heavy (non-hydrogen) atoms. The Kier molecular flexibility index (Phi) is 5.21. The summed E-state index contributed by atoms with van der Waals surface area (Å²) in [6, 6.07) is 13.1. The van der Waals surface area contributed by atoms with Gasteiger partial charge in [-0.2, -0.15) is 0 Å². The van der Waals surface area contributed by atoms with Crippen LogP contribution in [0.1, 0.15) is 27.0 Å². The molecule has 0 aliphatic rings. The first-order valence-corrected chi connectivity index (χ1v) is 10.3. The van der Waals surface area contributed by atoms with Gasteiger partial charge in [0.15, 0.2) is 5.78 Å². The number of phenols is 1. The van der Waals surface area contributed by atoms with Crippen molar-refractivity contribution in [1.82, 2.24) is 0 Å². The smallest absolute Gasteiger partial charge is 0.339 e. The summed E-state index contributed by atoms with van der Waals surface area (Å²) in [5.74, 6) is -1.93. The van der Waals surface area contributed by atoms with E-state index in [4.69, 9.17) is 5.11 Å². The summed E-state index contributed by atoms with van der Waals surface area (Å²) in [6.45, 7) is 1.46. The quantitative estimate of drug-likeness (QED) is 0.524. The molecule has 1 heterocycles. The number of hydrogen-bond acceptors (Lipinski definition) is 6. The Bertz CT molecular complexity index is 1180. The number of carbonyl (C=O) groups is 2. The zero-order chi connectivity index (χ0) is 20.5. The number of carbonyl (C=O) groups excluding carboxylic acids is 1. The van der Waals surface area contributed by atoms with Gasteiger partial charge in [0.05, 0.1) is 15.5 Å². The van der Waals surface area contributed by atoms with Crippen molar-refractivity contribution in [2.45, 2.75) is 11.8 Å². The molecule has 7 nitrogen and oxygen atoms in total. The number of aromatic hydroxyl groups is 1. The van der Waals surface area contributed by atoms with Gasteiger partial charge in [-0.05, 0) is 48.9 Å². The summed E-state index contributed by atoms with van der Waals surface area (Å²) in [5, 5.41) is 18.7. The Hall–Kier alpha value is -3.17. The maximum atomic E-state index is 12.7. The third-order valence-corrected chi connectivity index (χ3v) is 6.48. The van der Waals surface area contributed by atoms with Crippen molar-refractivity contribution in [1.29, 1.82) is 0 Å². The van der Waals surface area contributed by atoms with Crippen molar-refractivity contribution in [2.75, 3.05) is 4.72 Å². The van der Waals surface area contributed by atoms with Gasteiger partial charge in [0.2, 0.25) is 0 Å². The molecule has 0 aliphatic heterocycles. The fraction of sp³-hybridized carbons (Fsp3) is 0.0526. The molecule has 0 atom stereocenters. The number of hydrogen-bond donors (Lipinski definition) is 3. The second kappa shape index (κ2) is 7.45. The van der Waals surface area contributed by atoms with E-state index in [9.17, 15) is 23.1 Å². The van der Waals surface area contributed by atoms with Gasteiger partial charge in [0, 0.05) is 10.9 Å². The molecule has 2 aromatic carbocycles. The lowest BCUT2D eigenvalue weighted by atomic mass is 10.2. The molecule has 0 spiro atoms. The highest BCUT2D eigenvalue weighted by Gasteiger charge is 2.17. The lowest BCUT2D eigenvalue weighted by molar-refractivity contribution is 0.0693. The Morgan fingerprint density at radius 1 is 1.04 bits per heavy atom. The molecule has 3 aromatic rings. The summed E-state index contributed by atoms with van der Waals surface area (Å²) in [7, 11) is -3.97. The van der Waals surface area contributed by atoms with E-state index < -0.39 is 21.7 Å². The van der Waals surface area contributed by atoms with E-state index in [2.05, 4.69) is 4.72 Å². The van der Waals surface area contributed by atoms with Gasteiger partial charge in [-0.15, -0.1) is 11.3 Å². The van der Waals surface area contributed by atoms with Gasteiger partial charge in [0.25, 0.3) is 10.0 Å². The third kappa shape index (κ3) is 4.05. The number of Topliss-reactive ketones (excluding diaryl/α,β-unsaturated/α-hetero) is 1. The monoisotopic (exact) mass is 417 g/mol. The first kappa shape index (κ1) is 19.6. The normalized spacial score (nSPS) is 11.2. The SMILES string of the molecule is CC(=O)c1ccc(-c2cccc(S(=O)(=O)Nc3ccc(C(=O)O)c(O)c3)c2)s1. The van der Waals surface area contributed by atoms with Crippen LogP contribution in [-0.2, 0) is 10.0 Å². The molecular weight excluding hydrogens is 402 g/mol. The second-order valence-corrected chi connectivity index (χ2v) is 8.66. The van der Waals surface area contributed by atoms with Crippen LogP contribution in [0.5, 0.6) is 5.75 Å². The van der Waals surface area contributed by atoms with E-state index >= 15 is 0 Å². The Morgan fingerprint density at radius 2 is 1.79 bits per heavy atom.